The van der Waals surface area contributed by atoms with Crippen LogP contribution < -0.4 is 10.6 Å². The molecule has 0 radical (unpaired) electrons. The van der Waals surface area contributed by atoms with Crippen LogP contribution in [0.5, 0.6) is 0 Å². The highest BCUT2D eigenvalue weighted by Gasteiger charge is 2.24. The number of amides is 1. The Bertz CT molecular complexity index is 901. The van der Waals surface area contributed by atoms with Crippen molar-refractivity contribution in [3.63, 3.8) is 0 Å². The molecule has 0 bridgehead atoms. The summed E-state index contributed by atoms with van der Waals surface area (Å²) in [7, 11) is -2.11. The number of sulfonamides is 1. The van der Waals surface area contributed by atoms with Gasteiger partial charge in [-0.2, -0.15) is 4.31 Å². The minimum atomic E-state index is -3.64. The van der Waals surface area contributed by atoms with Gasteiger partial charge in [0.05, 0.1) is 4.90 Å². The van der Waals surface area contributed by atoms with E-state index in [1.807, 2.05) is 31.2 Å². The molecule has 2 aromatic rings. The van der Waals surface area contributed by atoms with E-state index in [1.165, 1.54) is 23.5 Å². The zero-order valence-electron chi connectivity index (χ0n) is 16.6. The van der Waals surface area contributed by atoms with Crippen LogP contribution in [0.15, 0.2) is 53.4 Å². The van der Waals surface area contributed by atoms with Gasteiger partial charge >= 0.3 is 0 Å². The number of anilines is 1. The third-order valence-corrected chi connectivity index (χ3v) is 6.36. The molecule has 154 valence electrons. The SMILES string of the molecule is CCNCc1ccccc1NC(=O)c1cccc(S(=O)(=O)N(C)C(C)C)c1.Cl. The van der Waals surface area contributed by atoms with Gasteiger partial charge in [0.1, 0.15) is 0 Å². The smallest absolute Gasteiger partial charge is 0.255 e. The highest BCUT2D eigenvalue weighted by atomic mass is 35.5. The van der Waals surface area contributed by atoms with E-state index in [2.05, 4.69) is 10.6 Å². The molecule has 0 aliphatic heterocycles. The Balaban J connectivity index is 0.00000392. The van der Waals surface area contributed by atoms with Crippen molar-refractivity contribution in [1.82, 2.24) is 9.62 Å². The second-order valence-electron chi connectivity index (χ2n) is 6.53. The molecular weight excluding hydrogens is 398 g/mol. The molecule has 0 saturated heterocycles. The maximum atomic E-state index is 12.7. The largest absolute Gasteiger partial charge is 0.322 e. The molecule has 0 aliphatic rings. The maximum Gasteiger partial charge on any atom is 0.255 e. The number of carbonyl (C=O) groups excluding carboxylic acids is 1. The van der Waals surface area contributed by atoms with Gasteiger partial charge in [-0.15, -0.1) is 12.4 Å². The molecule has 0 aliphatic carbocycles. The van der Waals surface area contributed by atoms with E-state index in [-0.39, 0.29) is 29.3 Å². The summed E-state index contributed by atoms with van der Waals surface area (Å²) in [6, 6.07) is 13.5. The first kappa shape index (κ1) is 24.1. The predicted octanol–water partition coefficient (Wildman–Crippen LogP) is 3.50. The lowest BCUT2D eigenvalue weighted by Crippen LogP contribution is -2.33. The highest BCUT2D eigenvalue weighted by Crippen LogP contribution is 2.20. The van der Waals surface area contributed by atoms with Crippen molar-refractivity contribution in [2.24, 2.45) is 0 Å². The van der Waals surface area contributed by atoms with Crippen LogP contribution in [-0.4, -0.2) is 38.3 Å². The molecule has 0 saturated carbocycles. The van der Waals surface area contributed by atoms with Gasteiger partial charge in [0, 0.05) is 30.9 Å². The van der Waals surface area contributed by atoms with Gasteiger partial charge in [-0.3, -0.25) is 4.79 Å². The topological polar surface area (TPSA) is 78.5 Å². The van der Waals surface area contributed by atoms with Crippen LogP contribution in [0.4, 0.5) is 5.69 Å². The minimum Gasteiger partial charge on any atom is -0.322 e. The molecule has 0 unspecified atom stereocenters. The number of para-hydroxylation sites is 1. The molecule has 6 nitrogen and oxygen atoms in total. The number of nitrogens with zero attached hydrogens (tertiary/aromatic N) is 1. The minimum absolute atomic E-state index is 0. The fraction of sp³-hybridized carbons (Fsp3) is 0.350. The van der Waals surface area contributed by atoms with Crippen molar-refractivity contribution >= 4 is 34.0 Å². The fourth-order valence-electron chi connectivity index (χ4n) is 2.49. The quantitative estimate of drug-likeness (QED) is 0.678. The predicted molar refractivity (Wildman–Crippen MR) is 116 cm³/mol. The number of rotatable bonds is 8. The summed E-state index contributed by atoms with van der Waals surface area (Å²) in [6.07, 6.45) is 0. The second kappa shape index (κ2) is 10.6. The highest BCUT2D eigenvalue weighted by molar-refractivity contribution is 7.89. The standard InChI is InChI=1S/C20H27N3O3S.ClH/c1-5-21-14-17-9-6-7-12-19(17)22-20(24)16-10-8-11-18(13-16)27(25,26)23(4)15(2)3;/h6-13,15,21H,5,14H2,1-4H3,(H,22,24);1H. The molecular formula is C20H28ClN3O3S. The molecule has 0 atom stereocenters. The van der Waals surface area contributed by atoms with E-state index in [4.69, 9.17) is 0 Å². The van der Waals surface area contributed by atoms with Crippen LogP contribution in [-0.2, 0) is 16.6 Å². The van der Waals surface area contributed by atoms with Gasteiger partial charge in [-0.25, -0.2) is 8.42 Å². The van der Waals surface area contributed by atoms with E-state index in [0.717, 1.165) is 12.1 Å². The van der Waals surface area contributed by atoms with E-state index in [0.29, 0.717) is 17.8 Å². The summed E-state index contributed by atoms with van der Waals surface area (Å²) in [4.78, 5) is 12.8. The van der Waals surface area contributed by atoms with Crippen LogP contribution >= 0.6 is 12.4 Å². The van der Waals surface area contributed by atoms with E-state index in [1.54, 1.807) is 26.0 Å². The normalized spacial score (nSPS) is 11.4. The molecule has 2 aromatic carbocycles. The summed E-state index contributed by atoms with van der Waals surface area (Å²) >= 11 is 0. The third kappa shape index (κ3) is 5.78. The maximum absolute atomic E-state index is 12.7. The summed E-state index contributed by atoms with van der Waals surface area (Å²) in [5.41, 5.74) is 1.97. The van der Waals surface area contributed by atoms with Crippen LogP contribution in [0.1, 0.15) is 36.7 Å². The van der Waals surface area contributed by atoms with Gasteiger partial charge in [-0.1, -0.05) is 31.2 Å². The lowest BCUT2D eigenvalue weighted by molar-refractivity contribution is 0.102. The zero-order chi connectivity index (χ0) is 20.0. The van der Waals surface area contributed by atoms with Crippen molar-refractivity contribution in [2.75, 3.05) is 18.9 Å². The number of hydrogen-bond acceptors (Lipinski definition) is 4. The first-order valence-corrected chi connectivity index (χ1v) is 10.4. The van der Waals surface area contributed by atoms with Crippen LogP contribution in [0.2, 0.25) is 0 Å². The van der Waals surface area contributed by atoms with Crippen molar-refractivity contribution in [2.45, 2.75) is 38.3 Å². The van der Waals surface area contributed by atoms with Gasteiger partial charge in [-0.05, 0) is 50.2 Å². The van der Waals surface area contributed by atoms with Gasteiger partial charge in [0.25, 0.3) is 5.91 Å². The molecule has 1 amide bonds. The second-order valence-corrected chi connectivity index (χ2v) is 8.53. The molecule has 28 heavy (non-hydrogen) atoms. The zero-order valence-corrected chi connectivity index (χ0v) is 18.2. The van der Waals surface area contributed by atoms with Crippen LogP contribution in [0, 0.1) is 0 Å². The lowest BCUT2D eigenvalue weighted by atomic mass is 10.1. The number of halogens is 1. The Morgan fingerprint density at radius 2 is 1.79 bits per heavy atom. The first-order chi connectivity index (χ1) is 12.8. The fourth-order valence-corrected chi connectivity index (χ4v) is 3.91. The van der Waals surface area contributed by atoms with Crippen LogP contribution in [0.25, 0.3) is 0 Å². The molecule has 2 rings (SSSR count). The number of benzene rings is 2. The van der Waals surface area contributed by atoms with Gasteiger partial charge in [0.15, 0.2) is 0 Å². The van der Waals surface area contributed by atoms with Crippen molar-refractivity contribution in [3.05, 3.63) is 59.7 Å². The van der Waals surface area contributed by atoms with Crippen molar-refractivity contribution < 1.29 is 13.2 Å². The third-order valence-electron chi connectivity index (χ3n) is 4.33. The summed E-state index contributed by atoms with van der Waals surface area (Å²) in [5.74, 6) is -0.344. The molecule has 0 fully saturated rings. The van der Waals surface area contributed by atoms with E-state index < -0.39 is 10.0 Å². The lowest BCUT2D eigenvalue weighted by Gasteiger charge is -2.21. The van der Waals surface area contributed by atoms with Crippen molar-refractivity contribution in [3.8, 4) is 0 Å². The number of hydrogen-bond donors (Lipinski definition) is 2. The van der Waals surface area contributed by atoms with Gasteiger partial charge < -0.3 is 10.6 Å². The Kier molecular flexibility index (Phi) is 9.10. The first-order valence-electron chi connectivity index (χ1n) is 8.95. The van der Waals surface area contributed by atoms with E-state index >= 15 is 0 Å². The Morgan fingerprint density at radius 1 is 1.11 bits per heavy atom. The monoisotopic (exact) mass is 425 g/mol. The average Bonchev–Trinajstić information content (AvgIpc) is 2.66. The van der Waals surface area contributed by atoms with Crippen LogP contribution in [0.3, 0.4) is 0 Å². The molecule has 0 aromatic heterocycles. The number of nitrogens with one attached hydrogen (secondary N) is 2. The summed E-state index contributed by atoms with van der Waals surface area (Å²) in [5, 5.41) is 6.11. The average molecular weight is 426 g/mol. The summed E-state index contributed by atoms with van der Waals surface area (Å²) in [6.45, 7) is 7.08. The van der Waals surface area contributed by atoms with Gasteiger partial charge in [0.2, 0.25) is 10.0 Å². The molecule has 2 N–H and O–H groups in total. The Hall–Kier alpha value is -1.93. The number of carbonyl (C=O) groups is 1. The molecule has 0 spiro atoms. The summed E-state index contributed by atoms with van der Waals surface area (Å²) < 4.78 is 26.6. The van der Waals surface area contributed by atoms with Crippen molar-refractivity contribution in [1.29, 1.82) is 0 Å². The molecule has 8 heteroatoms. The van der Waals surface area contributed by atoms with E-state index in [9.17, 15) is 13.2 Å². The molecule has 0 heterocycles. The Morgan fingerprint density at radius 3 is 2.43 bits per heavy atom. The Labute approximate surface area is 173 Å².